The lowest BCUT2D eigenvalue weighted by Gasteiger charge is -2.11. The number of hydrogen-bond acceptors (Lipinski definition) is 3. The number of hydrogen-bond donors (Lipinski definition) is 0. The molecule has 4 rings (SSSR count). The fourth-order valence-corrected chi connectivity index (χ4v) is 2.69. The molecule has 0 amide bonds. The Balaban J connectivity index is 2.04. The zero-order valence-electron chi connectivity index (χ0n) is 11.5. The van der Waals surface area contributed by atoms with Crippen LogP contribution in [0.1, 0.15) is 0 Å². The van der Waals surface area contributed by atoms with Crippen LogP contribution in [0.15, 0.2) is 67.4 Å². The molecule has 0 bridgehead atoms. The second-order valence-electron chi connectivity index (χ2n) is 4.91. The highest BCUT2D eigenvalue weighted by molar-refractivity contribution is 6.30. The molecule has 0 unspecified atom stereocenters. The highest BCUT2D eigenvalue weighted by Crippen LogP contribution is 2.34. The minimum atomic E-state index is 0.720. The Morgan fingerprint density at radius 3 is 2.41 bits per heavy atom. The van der Waals surface area contributed by atoms with Gasteiger partial charge in [-0.05, 0) is 47.0 Å². The Labute approximate surface area is 132 Å². The molecule has 3 heterocycles. The molecule has 0 aliphatic rings. The Morgan fingerprint density at radius 1 is 0.864 bits per heavy atom. The van der Waals surface area contributed by atoms with Gasteiger partial charge >= 0.3 is 0 Å². The van der Waals surface area contributed by atoms with Gasteiger partial charge in [0.2, 0.25) is 0 Å². The monoisotopic (exact) mass is 306 g/mol. The van der Waals surface area contributed by atoms with Crippen molar-refractivity contribution in [1.82, 2.24) is 19.6 Å². The molecule has 0 fully saturated rings. The molecule has 0 N–H and O–H groups in total. The van der Waals surface area contributed by atoms with Crippen LogP contribution in [0.25, 0.3) is 27.9 Å². The molecule has 0 saturated heterocycles. The average molecular weight is 307 g/mol. The van der Waals surface area contributed by atoms with Crippen LogP contribution in [0, 0.1) is 0 Å². The SMILES string of the molecule is Clc1ccc(-c2ccn3cnnc3c2-c2ccncc2)cc1. The second-order valence-corrected chi connectivity index (χ2v) is 5.35. The molecular weight excluding hydrogens is 296 g/mol. The van der Waals surface area contributed by atoms with E-state index in [2.05, 4.69) is 21.2 Å². The van der Waals surface area contributed by atoms with Crippen molar-refractivity contribution in [2.45, 2.75) is 0 Å². The minimum absolute atomic E-state index is 0.720. The van der Waals surface area contributed by atoms with Gasteiger partial charge in [-0.15, -0.1) is 10.2 Å². The van der Waals surface area contributed by atoms with Crippen LogP contribution in [-0.4, -0.2) is 19.6 Å². The summed E-state index contributed by atoms with van der Waals surface area (Å²) < 4.78 is 1.91. The van der Waals surface area contributed by atoms with E-state index in [0.29, 0.717) is 0 Å². The first-order valence-corrected chi connectivity index (χ1v) is 7.19. The van der Waals surface area contributed by atoms with Gasteiger partial charge in [0.25, 0.3) is 0 Å². The van der Waals surface area contributed by atoms with E-state index in [0.717, 1.165) is 32.9 Å². The molecule has 0 aliphatic heterocycles. The first kappa shape index (κ1) is 13.0. The predicted molar refractivity (Wildman–Crippen MR) is 86.7 cm³/mol. The summed E-state index contributed by atoms with van der Waals surface area (Å²) in [5, 5.41) is 9.00. The second kappa shape index (κ2) is 5.24. The van der Waals surface area contributed by atoms with Crippen molar-refractivity contribution in [2.75, 3.05) is 0 Å². The van der Waals surface area contributed by atoms with Gasteiger partial charge in [0, 0.05) is 29.2 Å². The Hall–Kier alpha value is -2.72. The molecule has 106 valence electrons. The number of nitrogens with zero attached hydrogens (tertiary/aromatic N) is 4. The summed E-state index contributed by atoms with van der Waals surface area (Å²) in [5.74, 6) is 0. The predicted octanol–water partition coefficient (Wildman–Crippen LogP) is 4.11. The average Bonchev–Trinajstić information content (AvgIpc) is 3.04. The Kier molecular flexibility index (Phi) is 3.09. The van der Waals surface area contributed by atoms with Gasteiger partial charge in [-0.3, -0.25) is 9.38 Å². The van der Waals surface area contributed by atoms with Gasteiger partial charge in [0.15, 0.2) is 5.65 Å². The number of fused-ring (bicyclic) bond motifs is 1. The van der Waals surface area contributed by atoms with Gasteiger partial charge in [-0.1, -0.05) is 23.7 Å². The molecule has 0 atom stereocenters. The Bertz CT molecular complexity index is 930. The lowest BCUT2D eigenvalue weighted by atomic mass is 9.96. The van der Waals surface area contributed by atoms with E-state index in [4.69, 9.17) is 11.6 Å². The third-order valence-electron chi connectivity index (χ3n) is 3.59. The number of halogens is 1. The third kappa shape index (κ3) is 2.14. The topological polar surface area (TPSA) is 43.1 Å². The van der Waals surface area contributed by atoms with Crippen molar-refractivity contribution in [1.29, 1.82) is 0 Å². The molecule has 5 heteroatoms. The lowest BCUT2D eigenvalue weighted by molar-refractivity contribution is 1.10. The lowest BCUT2D eigenvalue weighted by Crippen LogP contribution is -1.92. The summed E-state index contributed by atoms with van der Waals surface area (Å²) in [4.78, 5) is 4.09. The molecule has 0 radical (unpaired) electrons. The maximum Gasteiger partial charge on any atom is 0.169 e. The van der Waals surface area contributed by atoms with Crippen LogP contribution in [0.4, 0.5) is 0 Å². The van der Waals surface area contributed by atoms with E-state index in [-0.39, 0.29) is 0 Å². The van der Waals surface area contributed by atoms with Crippen molar-refractivity contribution in [3.05, 3.63) is 72.4 Å². The summed E-state index contributed by atoms with van der Waals surface area (Å²) in [7, 11) is 0. The summed E-state index contributed by atoms with van der Waals surface area (Å²) in [6.45, 7) is 0. The van der Waals surface area contributed by atoms with Gasteiger partial charge in [-0.25, -0.2) is 0 Å². The molecule has 1 aromatic carbocycles. The van der Waals surface area contributed by atoms with Crippen LogP contribution in [0.5, 0.6) is 0 Å². The number of pyridine rings is 2. The van der Waals surface area contributed by atoms with Crippen molar-refractivity contribution in [2.24, 2.45) is 0 Å². The summed E-state index contributed by atoms with van der Waals surface area (Å²) in [6, 6.07) is 13.8. The third-order valence-corrected chi connectivity index (χ3v) is 3.84. The minimum Gasteiger partial charge on any atom is -0.288 e. The van der Waals surface area contributed by atoms with Crippen LogP contribution < -0.4 is 0 Å². The highest BCUT2D eigenvalue weighted by Gasteiger charge is 2.13. The van der Waals surface area contributed by atoms with Gasteiger partial charge in [0.1, 0.15) is 6.33 Å². The van der Waals surface area contributed by atoms with Crippen molar-refractivity contribution < 1.29 is 0 Å². The fourth-order valence-electron chi connectivity index (χ4n) is 2.56. The van der Waals surface area contributed by atoms with Crippen molar-refractivity contribution >= 4 is 17.2 Å². The summed E-state index contributed by atoms with van der Waals surface area (Å²) in [6.07, 6.45) is 7.22. The standard InChI is InChI=1S/C17H11ClN4/c18-14-3-1-12(2-4-14)15-7-10-22-11-20-21-17(22)16(15)13-5-8-19-9-6-13/h1-11H. The van der Waals surface area contributed by atoms with Crippen LogP contribution in [0.3, 0.4) is 0 Å². The molecule has 0 spiro atoms. The Morgan fingerprint density at radius 2 is 1.64 bits per heavy atom. The van der Waals surface area contributed by atoms with Crippen LogP contribution in [0.2, 0.25) is 5.02 Å². The highest BCUT2D eigenvalue weighted by atomic mass is 35.5. The number of benzene rings is 1. The zero-order valence-corrected chi connectivity index (χ0v) is 12.3. The number of rotatable bonds is 2. The van der Waals surface area contributed by atoms with E-state index in [1.54, 1.807) is 18.7 Å². The molecule has 4 aromatic rings. The molecular formula is C17H11ClN4. The summed E-state index contributed by atoms with van der Waals surface area (Å²) in [5.41, 5.74) is 5.08. The molecule has 22 heavy (non-hydrogen) atoms. The van der Waals surface area contributed by atoms with E-state index >= 15 is 0 Å². The van der Waals surface area contributed by atoms with E-state index < -0.39 is 0 Å². The first-order valence-electron chi connectivity index (χ1n) is 6.81. The van der Waals surface area contributed by atoms with Gasteiger partial charge in [0.05, 0.1) is 0 Å². The summed E-state index contributed by atoms with van der Waals surface area (Å²) >= 11 is 6.00. The normalized spacial score (nSPS) is 11.0. The molecule has 0 aliphatic carbocycles. The zero-order chi connectivity index (χ0) is 14.9. The molecule has 4 nitrogen and oxygen atoms in total. The first-order chi connectivity index (χ1) is 10.8. The van der Waals surface area contributed by atoms with E-state index in [9.17, 15) is 0 Å². The molecule has 3 aromatic heterocycles. The maximum absolute atomic E-state index is 6.00. The van der Waals surface area contributed by atoms with Gasteiger partial charge in [-0.2, -0.15) is 0 Å². The van der Waals surface area contributed by atoms with Crippen molar-refractivity contribution in [3.63, 3.8) is 0 Å². The molecule has 0 saturated carbocycles. The largest absolute Gasteiger partial charge is 0.288 e. The maximum atomic E-state index is 6.00. The van der Waals surface area contributed by atoms with Crippen LogP contribution in [-0.2, 0) is 0 Å². The van der Waals surface area contributed by atoms with Crippen LogP contribution >= 0.6 is 11.6 Å². The van der Waals surface area contributed by atoms with E-state index in [1.807, 2.05) is 47.0 Å². The fraction of sp³-hybridized carbons (Fsp3) is 0. The number of aromatic nitrogens is 4. The quantitative estimate of drug-likeness (QED) is 0.559. The van der Waals surface area contributed by atoms with E-state index in [1.165, 1.54) is 0 Å². The smallest absolute Gasteiger partial charge is 0.169 e. The van der Waals surface area contributed by atoms with Gasteiger partial charge < -0.3 is 0 Å². The van der Waals surface area contributed by atoms with Crippen molar-refractivity contribution in [3.8, 4) is 22.3 Å².